The summed E-state index contributed by atoms with van der Waals surface area (Å²) >= 11 is 0. The fraction of sp³-hybridized carbons (Fsp3) is 1.00. The molecule has 0 fully saturated rings. The molecule has 0 bridgehead atoms. The molecule has 0 aromatic carbocycles. The van der Waals surface area contributed by atoms with Crippen molar-refractivity contribution in [3.63, 3.8) is 0 Å². The van der Waals surface area contributed by atoms with E-state index in [9.17, 15) is 8.42 Å². The minimum Gasteiger partial charge on any atom is -0.372 e. The standard InChI is InChI=1S/C9H22O6SSi/c1-5-13-17(14-6-2,15-7-3)9-12-16(10,11)8-4/h5-9H2,1-4H3. The van der Waals surface area contributed by atoms with Gasteiger partial charge in [-0.25, -0.2) is 0 Å². The average Bonchev–Trinajstić information content (AvgIpc) is 2.28. The van der Waals surface area contributed by atoms with Crippen LogP contribution in [0.2, 0.25) is 0 Å². The molecule has 0 amide bonds. The second kappa shape index (κ2) is 8.17. The fourth-order valence-corrected chi connectivity index (χ4v) is 4.44. The molecule has 0 aliphatic carbocycles. The van der Waals surface area contributed by atoms with Crippen molar-refractivity contribution in [3.05, 3.63) is 0 Å². The normalized spacial score (nSPS) is 12.9. The topological polar surface area (TPSA) is 71.1 Å². The first-order valence-electron chi connectivity index (χ1n) is 5.74. The summed E-state index contributed by atoms with van der Waals surface area (Å²) in [5, 5.41) is 0. The molecular formula is C9H22O6SSi. The minimum absolute atomic E-state index is 0.0815. The average molecular weight is 286 g/mol. The summed E-state index contributed by atoms with van der Waals surface area (Å²) in [6.45, 7) is 8.09. The van der Waals surface area contributed by atoms with Gasteiger partial charge in [0.1, 0.15) is 6.23 Å². The summed E-state index contributed by atoms with van der Waals surface area (Å²) in [7, 11) is -6.54. The Hall–Kier alpha value is 0.00688. The third-order valence-electron chi connectivity index (χ3n) is 1.86. The third-order valence-corrected chi connectivity index (χ3v) is 5.94. The van der Waals surface area contributed by atoms with Gasteiger partial charge >= 0.3 is 8.80 Å². The van der Waals surface area contributed by atoms with E-state index in [1.54, 1.807) is 20.8 Å². The molecule has 0 aliphatic heterocycles. The van der Waals surface area contributed by atoms with E-state index in [2.05, 4.69) is 0 Å². The first kappa shape index (κ1) is 17.0. The van der Waals surface area contributed by atoms with Crippen LogP contribution >= 0.6 is 0 Å². The molecule has 0 saturated carbocycles. The lowest BCUT2D eigenvalue weighted by atomic mass is 10.9. The fourth-order valence-electron chi connectivity index (χ4n) is 1.16. The summed E-state index contributed by atoms with van der Waals surface area (Å²) in [5.74, 6) is -0.0815. The van der Waals surface area contributed by atoms with Gasteiger partial charge in [-0.3, -0.25) is 4.18 Å². The van der Waals surface area contributed by atoms with E-state index < -0.39 is 18.9 Å². The number of rotatable bonds is 10. The second-order valence-electron chi connectivity index (χ2n) is 3.09. The van der Waals surface area contributed by atoms with Gasteiger partial charge in [0.25, 0.3) is 10.1 Å². The number of hydrogen-bond donors (Lipinski definition) is 0. The third kappa shape index (κ3) is 6.48. The van der Waals surface area contributed by atoms with Gasteiger partial charge in [-0.1, -0.05) is 0 Å². The van der Waals surface area contributed by atoms with E-state index in [1.165, 1.54) is 6.92 Å². The molecule has 6 nitrogen and oxygen atoms in total. The SMILES string of the molecule is CCO[Si](COS(=O)(=O)CC)(OCC)OCC. The van der Waals surface area contributed by atoms with Gasteiger partial charge in [0, 0.05) is 19.8 Å². The van der Waals surface area contributed by atoms with Crippen molar-refractivity contribution in [2.75, 3.05) is 31.8 Å². The van der Waals surface area contributed by atoms with Crippen LogP contribution < -0.4 is 0 Å². The van der Waals surface area contributed by atoms with Crippen molar-refractivity contribution < 1.29 is 25.9 Å². The molecule has 0 radical (unpaired) electrons. The highest BCUT2D eigenvalue weighted by molar-refractivity contribution is 7.86. The summed E-state index contributed by atoms with van der Waals surface area (Å²) in [6.07, 6.45) is -0.168. The monoisotopic (exact) mass is 286 g/mol. The Balaban J connectivity index is 4.65. The maximum atomic E-state index is 11.3. The van der Waals surface area contributed by atoms with Crippen LogP contribution in [0.5, 0.6) is 0 Å². The summed E-state index contributed by atoms with van der Waals surface area (Å²) in [5.41, 5.74) is 0. The van der Waals surface area contributed by atoms with Crippen LogP contribution in [0.15, 0.2) is 0 Å². The van der Waals surface area contributed by atoms with Crippen LogP contribution in [0.4, 0.5) is 0 Å². The first-order chi connectivity index (χ1) is 7.95. The zero-order chi connectivity index (χ0) is 13.4. The lowest BCUT2D eigenvalue weighted by molar-refractivity contribution is 0.0549. The predicted molar refractivity (Wildman–Crippen MR) is 66.0 cm³/mol. The molecule has 0 N–H and O–H groups in total. The first-order valence-corrected chi connectivity index (χ1v) is 9.25. The lowest BCUT2D eigenvalue weighted by Crippen LogP contribution is -2.51. The highest BCUT2D eigenvalue weighted by atomic mass is 32.2. The van der Waals surface area contributed by atoms with E-state index in [0.29, 0.717) is 19.8 Å². The van der Waals surface area contributed by atoms with Crippen molar-refractivity contribution in [3.8, 4) is 0 Å². The molecule has 0 aromatic heterocycles. The minimum atomic E-state index is -3.51. The van der Waals surface area contributed by atoms with Gasteiger partial charge in [0.15, 0.2) is 0 Å². The Bertz CT molecular complexity index is 275. The lowest BCUT2D eigenvalue weighted by Gasteiger charge is -2.27. The summed E-state index contributed by atoms with van der Waals surface area (Å²) < 4.78 is 43.8. The molecule has 0 aromatic rings. The molecule has 8 heteroatoms. The van der Waals surface area contributed by atoms with Gasteiger partial charge < -0.3 is 13.3 Å². The Morgan fingerprint density at radius 3 is 1.59 bits per heavy atom. The van der Waals surface area contributed by atoms with Crippen LogP contribution in [0.3, 0.4) is 0 Å². The second-order valence-corrected chi connectivity index (χ2v) is 7.54. The summed E-state index contributed by atoms with van der Waals surface area (Å²) in [6, 6.07) is 0. The molecule has 0 saturated heterocycles. The molecule has 0 unspecified atom stereocenters. The quantitative estimate of drug-likeness (QED) is 0.440. The molecule has 0 spiro atoms. The van der Waals surface area contributed by atoms with Crippen LogP contribution in [0.1, 0.15) is 27.7 Å². The Morgan fingerprint density at radius 2 is 1.29 bits per heavy atom. The van der Waals surface area contributed by atoms with E-state index in [4.69, 9.17) is 17.5 Å². The van der Waals surface area contributed by atoms with Gasteiger partial charge in [-0.05, 0) is 27.7 Å². The van der Waals surface area contributed by atoms with E-state index in [0.717, 1.165) is 0 Å². The highest BCUT2D eigenvalue weighted by Gasteiger charge is 2.42. The molecule has 0 heterocycles. The maximum absolute atomic E-state index is 11.3. The van der Waals surface area contributed by atoms with E-state index in [-0.39, 0.29) is 12.0 Å². The Labute approximate surface area is 105 Å². The molecule has 0 rings (SSSR count). The van der Waals surface area contributed by atoms with Crippen molar-refractivity contribution in [2.24, 2.45) is 0 Å². The van der Waals surface area contributed by atoms with Crippen molar-refractivity contribution >= 4 is 18.9 Å². The Morgan fingerprint density at radius 1 is 0.882 bits per heavy atom. The number of hydrogen-bond acceptors (Lipinski definition) is 6. The van der Waals surface area contributed by atoms with Crippen LogP contribution in [-0.2, 0) is 27.6 Å². The molecular weight excluding hydrogens is 264 g/mol. The zero-order valence-electron chi connectivity index (χ0n) is 10.9. The molecule has 0 atom stereocenters. The predicted octanol–water partition coefficient (Wildman–Crippen LogP) is 0.940. The van der Waals surface area contributed by atoms with Crippen molar-refractivity contribution in [1.82, 2.24) is 0 Å². The zero-order valence-corrected chi connectivity index (χ0v) is 12.7. The van der Waals surface area contributed by atoms with Crippen LogP contribution in [-0.4, -0.2) is 49.0 Å². The smallest absolute Gasteiger partial charge is 0.372 e. The van der Waals surface area contributed by atoms with Gasteiger partial charge in [-0.2, -0.15) is 8.42 Å². The molecule has 104 valence electrons. The van der Waals surface area contributed by atoms with Gasteiger partial charge in [0.05, 0.1) is 5.75 Å². The van der Waals surface area contributed by atoms with Gasteiger partial charge in [0.2, 0.25) is 0 Å². The largest absolute Gasteiger partial charge is 0.529 e. The molecule has 17 heavy (non-hydrogen) atoms. The maximum Gasteiger partial charge on any atom is 0.529 e. The van der Waals surface area contributed by atoms with Gasteiger partial charge in [-0.15, -0.1) is 0 Å². The van der Waals surface area contributed by atoms with Crippen molar-refractivity contribution in [1.29, 1.82) is 0 Å². The molecule has 0 aliphatic rings. The van der Waals surface area contributed by atoms with E-state index in [1.807, 2.05) is 0 Å². The summed E-state index contributed by atoms with van der Waals surface area (Å²) in [4.78, 5) is 0. The van der Waals surface area contributed by atoms with E-state index >= 15 is 0 Å². The van der Waals surface area contributed by atoms with Crippen LogP contribution in [0, 0.1) is 0 Å². The van der Waals surface area contributed by atoms with Crippen LogP contribution in [0.25, 0.3) is 0 Å². The Kier molecular flexibility index (Phi) is 8.17. The highest BCUT2D eigenvalue weighted by Crippen LogP contribution is 2.12. The van der Waals surface area contributed by atoms with Crippen molar-refractivity contribution in [2.45, 2.75) is 27.7 Å².